The van der Waals surface area contributed by atoms with Crippen LogP contribution in [0.25, 0.3) is 33.4 Å². The first kappa shape index (κ1) is 74.3. The van der Waals surface area contributed by atoms with Gasteiger partial charge in [0, 0.05) is 84.5 Å². The van der Waals surface area contributed by atoms with Gasteiger partial charge in [-0.25, -0.2) is 0 Å². The van der Waals surface area contributed by atoms with Crippen LogP contribution in [0.3, 0.4) is 0 Å². The normalized spacial score (nSPS) is 13.7. The Bertz CT molecular complexity index is 4500. The minimum Gasteiger partial charge on any atom is -0.310 e. The second kappa shape index (κ2) is 31.8. The molecule has 4 nitrogen and oxygen atoms in total. The number of fused-ring (bicyclic) bond motifs is 9. The number of anilines is 12. The van der Waals surface area contributed by atoms with Crippen molar-refractivity contribution in [3.8, 4) is 33.4 Å². The van der Waals surface area contributed by atoms with E-state index in [1.54, 1.807) is 0 Å². The summed E-state index contributed by atoms with van der Waals surface area (Å²) in [6, 6.07) is 101. The number of nitrogens with zero attached hydrogens (tertiary/aromatic N) is 4. The number of rotatable bonds is 30. The van der Waals surface area contributed by atoms with E-state index < -0.39 is 0 Å². The van der Waals surface area contributed by atoms with E-state index in [2.05, 4.69) is 357 Å². The van der Waals surface area contributed by atoms with E-state index in [1.807, 2.05) is 0 Å². The zero-order valence-corrected chi connectivity index (χ0v) is 67.3. The van der Waals surface area contributed by atoms with Crippen molar-refractivity contribution in [1.82, 2.24) is 0 Å². The highest BCUT2D eigenvalue weighted by Gasteiger charge is 2.47. The van der Waals surface area contributed by atoms with Crippen molar-refractivity contribution in [2.24, 2.45) is 0 Å². The van der Waals surface area contributed by atoms with Crippen molar-refractivity contribution in [1.29, 1.82) is 0 Å². The van der Waals surface area contributed by atoms with E-state index in [4.69, 9.17) is 0 Å². The Morgan fingerprint density at radius 2 is 0.303 bits per heavy atom. The molecular weight excluding hydrogens is 1320 g/mol. The maximum absolute atomic E-state index is 2.74. The summed E-state index contributed by atoms with van der Waals surface area (Å²) in [7, 11) is 0. The molecular formula is C105H114N4. The van der Waals surface area contributed by atoms with Crippen molar-refractivity contribution < 1.29 is 0 Å². The molecule has 0 saturated heterocycles. The number of hydrogen-bond acceptors (Lipinski definition) is 4. The maximum atomic E-state index is 2.74. The van der Waals surface area contributed by atoms with E-state index >= 15 is 0 Å². The molecule has 554 valence electrons. The van der Waals surface area contributed by atoms with Gasteiger partial charge in [0.15, 0.2) is 0 Å². The summed E-state index contributed by atoms with van der Waals surface area (Å²) in [5.74, 6) is 0. The highest BCUT2D eigenvalue weighted by molar-refractivity contribution is 5.94. The monoisotopic (exact) mass is 1430 g/mol. The summed E-state index contributed by atoms with van der Waals surface area (Å²) in [5.41, 5.74) is 38.3. The third kappa shape index (κ3) is 13.9. The zero-order chi connectivity index (χ0) is 75.6. The topological polar surface area (TPSA) is 13.0 Å². The largest absolute Gasteiger partial charge is 0.310 e. The van der Waals surface area contributed by atoms with Crippen LogP contribution in [0.1, 0.15) is 224 Å². The van der Waals surface area contributed by atoms with Crippen molar-refractivity contribution in [3.05, 3.63) is 322 Å². The van der Waals surface area contributed by atoms with Crippen LogP contribution in [-0.4, -0.2) is 0 Å². The maximum Gasteiger partial charge on any atom is 0.0465 e. The molecule has 0 aromatic heterocycles. The van der Waals surface area contributed by atoms with Gasteiger partial charge in [-0.15, -0.1) is 0 Å². The Morgan fingerprint density at radius 3 is 0.440 bits per heavy atom. The standard InChI is InChI=1S/C105H114N4/c1-13-19-61-103(62-20-14-2)97-67-85(106(79-37-25-73(7)26-38-79)80-39-27-74(8)28-40-80)49-55-91(97)94-58-52-88(70-100(94)103)109(89-53-59-95-92-56-50-86(68-98(92)104(63-21-15-3,64-22-16-4)101(95)71-89)107(81-41-29-75(9)30-42-81)82-43-31-76(10)32-44-82)90-54-60-96-93-57-51-87(69-99(93)105(65-23-17-5,66-24-18-6)102(96)72-90)108(83-45-33-77(11)34-46-83)84-47-35-78(12)36-48-84/h25-60,67-72H,13-24,61-66H2,1-12H3. The molecule has 3 aliphatic rings. The molecule has 0 heterocycles. The first-order valence-electron chi connectivity index (χ1n) is 41.7. The highest BCUT2D eigenvalue weighted by Crippen LogP contribution is 2.62. The van der Waals surface area contributed by atoms with Gasteiger partial charge < -0.3 is 19.6 Å². The molecule has 109 heavy (non-hydrogen) atoms. The lowest BCUT2D eigenvalue weighted by atomic mass is 9.70. The summed E-state index contributed by atoms with van der Waals surface area (Å²) in [5, 5.41) is 0. The molecule has 12 aromatic carbocycles. The average Bonchev–Trinajstić information content (AvgIpc) is 1.57. The Hall–Kier alpha value is -10.2. The molecule has 0 aliphatic heterocycles. The molecule has 0 radical (unpaired) electrons. The van der Waals surface area contributed by atoms with E-state index in [1.165, 1.54) is 168 Å². The first-order valence-corrected chi connectivity index (χ1v) is 41.7. The molecule has 4 heteroatoms. The quantitative estimate of drug-likeness (QED) is 0.0445. The van der Waals surface area contributed by atoms with Gasteiger partial charge in [0.2, 0.25) is 0 Å². The summed E-state index contributed by atoms with van der Waals surface area (Å²) >= 11 is 0. The fraction of sp³-hybridized carbons (Fsp3) is 0.314. The van der Waals surface area contributed by atoms with Crippen molar-refractivity contribution >= 4 is 68.2 Å². The molecule has 15 rings (SSSR count). The fourth-order valence-corrected chi connectivity index (χ4v) is 19.1. The Balaban J connectivity index is 0.953. The van der Waals surface area contributed by atoms with Gasteiger partial charge in [0.1, 0.15) is 0 Å². The molecule has 0 unspecified atom stereocenters. The summed E-state index contributed by atoms with van der Waals surface area (Å²) in [4.78, 5) is 10.2. The molecule has 0 bridgehead atoms. The molecule has 0 amide bonds. The Kier molecular flexibility index (Phi) is 21.7. The van der Waals surface area contributed by atoms with Crippen LogP contribution in [0.15, 0.2) is 255 Å². The van der Waals surface area contributed by atoms with Gasteiger partial charge >= 0.3 is 0 Å². The second-order valence-corrected chi connectivity index (χ2v) is 32.6. The van der Waals surface area contributed by atoms with E-state index in [9.17, 15) is 0 Å². The molecule has 0 atom stereocenters. The first-order chi connectivity index (χ1) is 53.2. The number of unbranched alkanes of at least 4 members (excludes halogenated alkanes) is 6. The molecule has 0 saturated carbocycles. The van der Waals surface area contributed by atoms with Crippen molar-refractivity contribution in [3.63, 3.8) is 0 Å². The Morgan fingerprint density at radius 1 is 0.174 bits per heavy atom. The molecule has 12 aromatic rings. The van der Waals surface area contributed by atoms with E-state index in [0.29, 0.717) is 0 Å². The lowest BCUT2D eigenvalue weighted by Crippen LogP contribution is -2.27. The number of benzene rings is 12. The molecule has 0 N–H and O–H groups in total. The second-order valence-electron chi connectivity index (χ2n) is 32.6. The molecule has 0 fully saturated rings. The lowest BCUT2D eigenvalue weighted by molar-refractivity contribution is 0.414. The smallest absolute Gasteiger partial charge is 0.0465 e. The van der Waals surface area contributed by atoms with Crippen LogP contribution in [0, 0.1) is 41.5 Å². The van der Waals surface area contributed by atoms with Gasteiger partial charge in [0.25, 0.3) is 0 Å². The van der Waals surface area contributed by atoms with Crippen molar-refractivity contribution in [2.45, 2.75) is 215 Å². The third-order valence-corrected chi connectivity index (χ3v) is 25.0. The van der Waals surface area contributed by atoms with Crippen LogP contribution < -0.4 is 19.6 Å². The van der Waals surface area contributed by atoms with Crippen LogP contribution >= 0.6 is 0 Å². The van der Waals surface area contributed by atoms with Gasteiger partial charge in [0.05, 0.1) is 0 Å². The molecule has 3 aliphatic carbocycles. The SMILES string of the molecule is CCCCC1(CCCC)c2cc(N(c3ccc(C)cc3)c3ccc(C)cc3)ccc2-c2ccc(N(c3ccc4c(c3)C(CCCC)(CCCC)c3cc(N(c5ccc(C)cc5)c5ccc(C)cc5)ccc3-4)c3ccc4c(c3)C(CCCC)(CCCC)c3cc(N(c5ccc(C)cc5)c5ccc(C)cc5)ccc3-4)cc21. The number of aryl methyl sites for hydroxylation is 6. The average molecular weight is 1430 g/mol. The minimum absolute atomic E-state index is 0.226. The van der Waals surface area contributed by atoms with Gasteiger partial charge in [-0.05, 0) is 292 Å². The minimum atomic E-state index is -0.226. The highest BCUT2D eigenvalue weighted by atomic mass is 15.2. The summed E-state index contributed by atoms with van der Waals surface area (Å²) in [6.45, 7) is 27.5. The lowest BCUT2D eigenvalue weighted by Gasteiger charge is -2.36. The van der Waals surface area contributed by atoms with Crippen LogP contribution in [0.2, 0.25) is 0 Å². The predicted octanol–water partition coefficient (Wildman–Crippen LogP) is 31.4. The summed E-state index contributed by atoms with van der Waals surface area (Å²) in [6.07, 6.45) is 20.1. The van der Waals surface area contributed by atoms with Gasteiger partial charge in [-0.2, -0.15) is 0 Å². The van der Waals surface area contributed by atoms with Crippen molar-refractivity contribution in [2.75, 3.05) is 19.6 Å². The van der Waals surface area contributed by atoms with E-state index in [0.717, 1.165) is 116 Å². The summed E-state index contributed by atoms with van der Waals surface area (Å²) < 4.78 is 0. The number of hydrogen-bond donors (Lipinski definition) is 0. The van der Waals surface area contributed by atoms with Crippen LogP contribution in [0.5, 0.6) is 0 Å². The van der Waals surface area contributed by atoms with Gasteiger partial charge in [-0.1, -0.05) is 261 Å². The third-order valence-electron chi connectivity index (χ3n) is 25.0. The molecule has 0 spiro atoms. The van der Waals surface area contributed by atoms with Gasteiger partial charge in [-0.3, -0.25) is 0 Å². The van der Waals surface area contributed by atoms with Crippen LogP contribution in [0.4, 0.5) is 68.2 Å². The zero-order valence-electron chi connectivity index (χ0n) is 67.3. The van der Waals surface area contributed by atoms with Crippen LogP contribution in [-0.2, 0) is 16.2 Å². The fourth-order valence-electron chi connectivity index (χ4n) is 19.1. The Labute approximate surface area is 653 Å². The van der Waals surface area contributed by atoms with E-state index in [-0.39, 0.29) is 16.2 Å². The predicted molar refractivity (Wildman–Crippen MR) is 469 cm³/mol.